The lowest BCUT2D eigenvalue weighted by Crippen LogP contribution is -2.87. The Bertz CT molecular complexity index is 1890. The van der Waals surface area contributed by atoms with Crippen LogP contribution in [0.4, 0.5) is 0 Å². The third-order valence-corrected chi connectivity index (χ3v) is 24.8. The second-order valence-corrected chi connectivity index (χ2v) is 28.4. The number of piperidine rings is 2. The maximum absolute atomic E-state index is 3.58. The van der Waals surface area contributed by atoms with Crippen molar-refractivity contribution in [2.75, 3.05) is 0 Å². The Labute approximate surface area is 367 Å². The minimum Gasteiger partial charge on any atom is -0.293 e. The highest BCUT2D eigenvalue weighted by Gasteiger charge is 2.78. The van der Waals surface area contributed by atoms with E-state index in [1.165, 1.54) is 49.7 Å². The molecule has 5 saturated carbocycles. The molecule has 0 spiro atoms. The molecule has 0 N–H and O–H groups in total. The fourth-order valence-electron chi connectivity index (χ4n) is 19.7. The normalized spacial score (nSPS) is 49.7. The molecule has 59 heavy (non-hydrogen) atoms. The average Bonchev–Trinajstić information content (AvgIpc) is 3.23. The highest BCUT2D eigenvalue weighted by atomic mass is 32.2. The maximum atomic E-state index is 3.58. The van der Waals surface area contributed by atoms with E-state index in [4.69, 9.17) is 0 Å². The van der Waals surface area contributed by atoms with Crippen LogP contribution in [0, 0.1) is 35.5 Å². The molecule has 0 aromatic heterocycles. The molecule has 312 valence electrons. The third-order valence-electron chi connectivity index (χ3n) is 21.2. The van der Waals surface area contributed by atoms with Crippen molar-refractivity contribution in [1.82, 2.24) is 9.80 Å². The molecule has 7 aliphatic heterocycles. The van der Waals surface area contributed by atoms with E-state index >= 15 is 0 Å². The Morgan fingerprint density at radius 2 is 0.949 bits per heavy atom. The Morgan fingerprint density at radius 3 is 1.42 bits per heavy atom. The van der Waals surface area contributed by atoms with Crippen LogP contribution < -0.4 is 10.9 Å². The lowest BCUT2D eigenvalue weighted by molar-refractivity contribution is -0.147. The Morgan fingerprint density at radius 1 is 0.508 bits per heavy atom. The van der Waals surface area contributed by atoms with Crippen LogP contribution in [0.2, 0.25) is 23.3 Å². The van der Waals surface area contributed by atoms with Crippen LogP contribution in [0.25, 0.3) is 0 Å². The van der Waals surface area contributed by atoms with Crippen LogP contribution in [0.5, 0.6) is 0 Å². The quantitative estimate of drug-likeness (QED) is 0.285. The molecule has 2 aromatic rings. The van der Waals surface area contributed by atoms with Gasteiger partial charge < -0.3 is 0 Å². The lowest BCUT2D eigenvalue weighted by atomic mass is 9.12. The summed E-state index contributed by atoms with van der Waals surface area (Å²) >= 11 is 5.32. The summed E-state index contributed by atoms with van der Waals surface area (Å²) < 4.78 is 0. The van der Waals surface area contributed by atoms with Gasteiger partial charge in [-0.3, -0.25) is 9.80 Å². The van der Waals surface area contributed by atoms with E-state index in [2.05, 4.69) is 123 Å². The van der Waals surface area contributed by atoms with Gasteiger partial charge >= 0.3 is 0 Å². The summed E-state index contributed by atoms with van der Waals surface area (Å²) in [6.07, 6.45) is 20.1. The summed E-state index contributed by atoms with van der Waals surface area (Å²) in [5, 5.41) is 3.15. The molecule has 7 heterocycles. The molecule has 0 bridgehead atoms. The molecule has 6 heteroatoms. The SMILES string of the molecule is CC(C)(C)c1cccc(B(c2cccc(C(C)(C)C)c2)C2C3SC4CCCC5CC6CCC7CC8CCC9CC%10CCCC%11SC2C2C%12B(C7C6N(C54)C3%12)C8C9N2C%10%11)c1. The van der Waals surface area contributed by atoms with E-state index in [0.29, 0.717) is 12.5 Å². The van der Waals surface area contributed by atoms with Crippen LogP contribution in [0.1, 0.15) is 136 Å². The van der Waals surface area contributed by atoms with Crippen molar-refractivity contribution < 1.29 is 0 Å². The first kappa shape index (κ1) is 37.6. The van der Waals surface area contributed by atoms with E-state index in [0.717, 1.165) is 117 Å². The van der Waals surface area contributed by atoms with Crippen LogP contribution in [0.15, 0.2) is 48.5 Å². The van der Waals surface area contributed by atoms with E-state index in [-0.39, 0.29) is 10.8 Å². The number of thioether (sulfide) groups is 2. The van der Waals surface area contributed by atoms with E-state index < -0.39 is 0 Å². The molecule has 18 atom stereocenters. The van der Waals surface area contributed by atoms with Crippen molar-refractivity contribution >= 4 is 47.9 Å². The van der Waals surface area contributed by atoms with Crippen LogP contribution in [0.3, 0.4) is 0 Å². The molecule has 14 rings (SSSR count). The number of hydrogen-bond acceptors (Lipinski definition) is 4. The van der Waals surface area contributed by atoms with Crippen molar-refractivity contribution in [3.05, 3.63) is 59.7 Å². The Kier molecular flexibility index (Phi) is 8.23. The monoisotopic (exact) mass is 823 g/mol. The smallest absolute Gasteiger partial charge is 0.214 e. The van der Waals surface area contributed by atoms with Crippen LogP contribution >= 0.6 is 23.5 Å². The largest absolute Gasteiger partial charge is 0.293 e. The van der Waals surface area contributed by atoms with E-state index in [1.807, 2.05) is 0 Å². The molecule has 7 saturated heterocycles. The zero-order valence-corrected chi connectivity index (χ0v) is 38.9. The summed E-state index contributed by atoms with van der Waals surface area (Å²) in [7, 11) is 0. The molecule has 18 unspecified atom stereocenters. The molecule has 0 radical (unpaired) electrons. The topological polar surface area (TPSA) is 6.48 Å². The minimum absolute atomic E-state index is 0.137. The standard InChI is InChI=1S/C53H72B2N2S2/c1-52(2,3)34-13-9-15-36(26-34)54(37-16-10-14-35(27-37)53(4,5)6)43-50-48-42-49-51(43)59-39-18-8-12-31-25-33-22-20-29-23-28-19-21-32-24-30-11-7-17-38(58-50)44(30)56(48)46(32)40(28)55(42)41(29)47(33)57(49)45(31)39/h9-10,13-16,26-33,38-51H,7-8,11-12,17-25H2,1-6H3. The predicted octanol–water partition coefficient (Wildman–Crippen LogP) is 10.6. The highest BCUT2D eigenvalue weighted by molar-refractivity contribution is 8.02. The summed E-state index contributed by atoms with van der Waals surface area (Å²) in [6, 6.07) is 25.7. The first-order valence-electron chi connectivity index (χ1n) is 25.6. The second-order valence-electron chi connectivity index (χ2n) is 25.5. The predicted molar refractivity (Wildman–Crippen MR) is 254 cm³/mol. The fourth-order valence-corrected chi connectivity index (χ4v) is 24.2. The van der Waals surface area contributed by atoms with Crippen molar-refractivity contribution in [1.29, 1.82) is 0 Å². The van der Waals surface area contributed by atoms with Crippen molar-refractivity contribution in [3.8, 4) is 0 Å². The van der Waals surface area contributed by atoms with Gasteiger partial charge in [-0.25, -0.2) is 0 Å². The van der Waals surface area contributed by atoms with E-state index in [9.17, 15) is 0 Å². The van der Waals surface area contributed by atoms with Gasteiger partial charge in [0.15, 0.2) is 6.71 Å². The van der Waals surface area contributed by atoms with Gasteiger partial charge in [0, 0.05) is 57.3 Å². The number of benzene rings is 2. The van der Waals surface area contributed by atoms with Crippen molar-refractivity contribution in [2.45, 2.75) is 216 Å². The molecule has 12 fully saturated rings. The number of nitrogens with zero attached hydrogens (tertiary/aromatic N) is 2. The van der Waals surface area contributed by atoms with Gasteiger partial charge in [-0.15, -0.1) is 0 Å². The van der Waals surface area contributed by atoms with Crippen molar-refractivity contribution in [2.24, 2.45) is 35.5 Å². The summed E-state index contributed by atoms with van der Waals surface area (Å²) in [6.45, 7) is 16.2. The summed E-state index contributed by atoms with van der Waals surface area (Å²) in [5.74, 6) is 9.51. The van der Waals surface area contributed by atoms with Gasteiger partial charge in [-0.05, 0) is 139 Å². The molecule has 0 amide bonds. The van der Waals surface area contributed by atoms with Gasteiger partial charge in [0.2, 0.25) is 6.71 Å². The zero-order chi connectivity index (χ0) is 39.4. The van der Waals surface area contributed by atoms with Gasteiger partial charge in [0.1, 0.15) is 0 Å². The third kappa shape index (κ3) is 5.08. The van der Waals surface area contributed by atoms with Crippen molar-refractivity contribution in [3.63, 3.8) is 0 Å². The van der Waals surface area contributed by atoms with Crippen LogP contribution in [-0.2, 0) is 10.8 Å². The van der Waals surface area contributed by atoms with Gasteiger partial charge in [-0.1, -0.05) is 127 Å². The van der Waals surface area contributed by atoms with Gasteiger partial charge in [0.25, 0.3) is 0 Å². The molecule has 12 aliphatic rings. The number of hydrogen-bond donors (Lipinski definition) is 0. The molecule has 2 nitrogen and oxygen atoms in total. The zero-order valence-electron chi connectivity index (χ0n) is 37.2. The minimum atomic E-state index is 0.137. The Hall–Kier alpha value is -0.810. The Balaban J connectivity index is 1.03. The fraction of sp³-hybridized carbons (Fsp3) is 0.774. The lowest BCUT2D eigenvalue weighted by Gasteiger charge is -2.81. The highest BCUT2D eigenvalue weighted by Crippen LogP contribution is 2.76. The van der Waals surface area contributed by atoms with Gasteiger partial charge in [0.05, 0.1) is 0 Å². The van der Waals surface area contributed by atoms with Crippen LogP contribution in [-0.4, -0.2) is 80.5 Å². The summed E-state index contributed by atoms with van der Waals surface area (Å²) in [5.41, 5.74) is 6.62. The van der Waals surface area contributed by atoms with E-state index in [1.54, 1.807) is 55.9 Å². The second kappa shape index (κ2) is 12.9. The molecular weight excluding hydrogens is 750 g/mol. The maximum Gasteiger partial charge on any atom is 0.214 e. The molecular formula is C53H72B2N2S2. The summed E-state index contributed by atoms with van der Waals surface area (Å²) in [4.78, 5) is 7.17. The molecule has 2 aromatic carbocycles. The number of rotatable bonds is 3. The first-order valence-corrected chi connectivity index (χ1v) is 27.5. The van der Waals surface area contributed by atoms with Gasteiger partial charge in [-0.2, -0.15) is 23.5 Å². The molecule has 5 aliphatic carbocycles. The first-order chi connectivity index (χ1) is 28.5. The average molecular weight is 823 g/mol.